The topological polar surface area (TPSA) is 35.2 Å². The van der Waals surface area contributed by atoms with Gasteiger partial charge in [0.05, 0.1) is 12.7 Å². The van der Waals surface area contributed by atoms with Crippen LogP contribution in [0, 0.1) is 5.92 Å². The minimum atomic E-state index is 0.0878. The monoisotopic (exact) mass is 267 g/mol. The Morgan fingerprint density at radius 2 is 1.95 bits per heavy atom. The second-order valence-corrected chi connectivity index (χ2v) is 6.32. The Labute approximate surface area is 119 Å². The van der Waals surface area contributed by atoms with Crippen molar-refractivity contribution in [3.63, 3.8) is 0 Å². The molecular weight excluding hydrogens is 246 g/mol. The van der Waals surface area contributed by atoms with Crippen LogP contribution in [0.3, 0.4) is 0 Å². The number of hydrogen-bond acceptors (Lipinski definition) is 2. The first kappa shape index (κ1) is 12.4. The van der Waals surface area contributed by atoms with E-state index in [-0.39, 0.29) is 6.04 Å². The molecule has 0 saturated carbocycles. The lowest BCUT2D eigenvalue weighted by Gasteiger charge is -2.20. The summed E-state index contributed by atoms with van der Waals surface area (Å²) >= 11 is 0. The summed E-state index contributed by atoms with van der Waals surface area (Å²) in [5.74, 6) is 0.448. The number of rotatable bonds is 2. The summed E-state index contributed by atoms with van der Waals surface area (Å²) in [5.41, 5.74) is 10.8. The molecule has 1 aliphatic carbocycles. The summed E-state index contributed by atoms with van der Waals surface area (Å²) in [6.07, 6.45) is 3.77. The van der Waals surface area contributed by atoms with E-state index in [9.17, 15) is 0 Å². The quantitative estimate of drug-likeness (QED) is 0.905. The van der Waals surface area contributed by atoms with E-state index < -0.39 is 0 Å². The molecule has 1 fully saturated rings. The van der Waals surface area contributed by atoms with Crippen molar-refractivity contribution in [3.05, 3.63) is 47.0 Å². The predicted octanol–water partition coefficient (Wildman–Crippen LogP) is 3.36. The van der Waals surface area contributed by atoms with E-state index in [0.29, 0.717) is 12.0 Å². The molecule has 0 spiro atoms. The van der Waals surface area contributed by atoms with Crippen molar-refractivity contribution in [1.29, 1.82) is 0 Å². The second-order valence-electron chi connectivity index (χ2n) is 6.32. The van der Waals surface area contributed by atoms with Crippen LogP contribution in [0.15, 0.2) is 30.3 Å². The van der Waals surface area contributed by atoms with E-state index in [1.165, 1.54) is 40.3 Å². The molecule has 0 aromatic heterocycles. The van der Waals surface area contributed by atoms with Gasteiger partial charge in [-0.25, -0.2) is 0 Å². The van der Waals surface area contributed by atoms with Gasteiger partial charge < -0.3 is 10.5 Å². The van der Waals surface area contributed by atoms with E-state index in [1.807, 2.05) is 0 Å². The lowest BCUT2D eigenvalue weighted by molar-refractivity contribution is 0.118. The van der Waals surface area contributed by atoms with Crippen molar-refractivity contribution in [1.82, 2.24) is 0 Å². The first-order valence-electron chi connectivity index (χ1n) is 7.64. The average molecular weight is 267 g/mol. The van der Waals surface area contributed by atoms with E-state index in [0.717, 1.165) is 13.0 Å². The van der Waals surface area contributed by atoms with Crippen molar-refractivity contribution < 1.29 is 4.74 Å². The van der Waals surface area contributed by atoms with E-state index in [4.69, 9.17) is 10.5 Å². The minimum Gasteiger partial charge on any atom is -0.378 e. The van der Waals surface area contributed by atoms with Crippen LogP contribution in [-0.4, -0.2) is 12.7 Å². The van der Waals surface area contributed by atoms with Crippen LogP contribution in [0.4, 0.5) is 0 Å². The van der Waals surface area contributed by atoms with Gasteiger partial charge in [0.25, 0.3) is 0 Å². The van der Waals surface area contributed by atoms with Gasteiger partial charge in [0.2, 0.25) is 0 Å². The molecule has 3 unspecified atom stereocenters. The zero-order valence-electron chi connectivity index (χ0n) is 11.9. The first-order chi connectivity index (χ1) is 9.74. The van der Waals surface area contributed by atoms with E-state index in [1.54, 1.807) is 0 Å². The third kappa shape index (κ3) is 1.79. The summed E-state index contributed by atoms with van der Waals surface area (Å²) in [6.45, 7) is 2.94. The summed E-state index contributed by atoms with van der Waals surface area (Å²) in [4.78, 5) is 0. The molecule has 1 aliphatic heterocycles. The molecule has 1 saturated heterocycles. The molecule has 2 aromatic carbocycles. The summed E-state index contributed by atoms with van der Waals surface area (Å²) in [7, 11) is 0. The maximum absolute atomic E-state index is 6.57. The summed E-state index contributed by atoms with van der Waals surface area (Å²) in [5, 5.41) is 2.83. The summed E-state index contributed by atoms with van der Waals surface area (Å²) < 4.78 is 5.70. The standard InChI is InChI=1S/C18H21NO/c1-11-9-14(10-20-11)18(19)16-8-7-13-6-5-12-3-2-4-15(16)17(12)13/h2-4,7-8,11,14,18H,5-6,9-10,19H2,1H3. The number of hydrogen-bond donors (Lipinski definition) is 1. The van der Waals surface area contributed by atoms with Crippen LogP contribution >= 0.6 is 0 Å². The highest BCUT2D eigenvalue weighted by molar-refractivity contribution is 5.93. The van der Waals surface area contributed by atoms with Gasteiger partial charge in [-0.15, -0.1) is 0 Å². The van der Waals surface area contributed by atoms with Crippen molar-refractivity contribution in [2.75, 3.05) is 6.61 Å². The molecule has 20 heavy (non-hydrogen) atoms. The van der Waals surface area contributed by atoms with Crippen LogP contribution in [0.1, 0.15) is 36.1 Å². The SMILES string of the molecule is CC1CC(C(N)c2ccc3c4c(cccc24)CC3)CO1. The Bertz CT molecular complexity index is 654. The zero-order chi connectivity index (χ0) is 13.7. The van der Waals surface area contributed by atoms with Gasteiger partial charge in [0.1, 0.15) is 0 Å². The van der Waals surface area contributed by atoms with Gasteiger partial charge in [0, 0.05) is 12.0 Å². The molecule has 2 heteroatoms. The molecule has 4 rings (SSSR count). The van der Waals surface area contributed by atoms with Crippen molar-refractivity contribution in [2.24, 2.45) is 11.7 Å². The third-order valence-electron chi connectivity index (χ3n) is 5.01. The van der Waals surface area contributed by atoms with Gasteiger partial charge in [0.15, 0.2) is 0 Å². The highest BCUT2D eigenvalue weighted by Gasteiger charge is 2.29. The Kier molecular flexibility index (Phi) is 2.83. The number of nitrogens with two attached hydrogens (primary N) is 1. The molecule has 3 atom stereocenters. The normalized spacial score (nSPS) is 26.3. The molecule has 2 aliphatic rings. The molecular formula is C18H21NO. The number of benzene rings is 2. The minimum absolute atomic E-state index is 0.0878. The van der Waals surface area contributed by atoms with Crippen LogP contribution in [0.5, 0.6) is 0 Å². The van der Waals surface area contributed by atoms with Crippen molar-refractivity contribution >= 4 is 10.8 Å². The zero-order valence-corrected chi connectivity index (χ0v) is 11.9. The number of aryl methyl sites for hydroxylation is 2. The fourth-order valence-corrected chi connectivity index (χ4v) is 3.91. The molecule has 2 aromatic rings. The van der Waals surface area contributed by atoms with E-state index >= 15 is 0 Å². The largest absolute Gasteiger partial charge is 0.378 e. The van der Waals surface area contributed by atoms with E-state index in [2.05, 4.69) is 37.3 Å². The third-order valence-corrected chi connectivity index (χ3v) is 5.01. The number of ether oxygens (including phenoxy) is 1. The highest BCUT2D eigenvalue weighted by Crippen LogP contribution is 2.38. The van der Waals surface area contributed by atoms with Gasteiger partial charge >= 0.3 is 0 Å². The second kappa shape index (κ2) is 4.57. The first-order valence-corrected chi connectivity index (χ1v) is 7.64. The van der Waals surface area contributed by atoms with Crippen molar-refractivity contribution in [2.45, 2.75) is 38.3 Å². The Hall–Kier alpha value is -1.38. The molecule has 0 radical (unpaired) electrons. The maximum atomic E-state index is 6.57. The molecule has 1 heterocycles. The van der Waals surface area contributed by atoms with Crippen molar-refractivity contribution in [3.8, 4) is 0 Å². The maximum Gasteiger partial charge on any atom is 0.0551 e. The van der Waals surface area contributed by atoms with Crippen LogP contribution in [0.25, 0.3) is 10.8 Å². The van der Waals surface area contributed by atoms with Crippen LogP contribution in [0.2, 0.25) is 0 Å². The highest BCUT2D eigenvalue weighted by atomic mass is 16.5. The molecule has 104 valence electrons. The fraction of sp³-hybridized carbons (Fsp3) is 0.444. The van der Waals surface area contributed by atoms with Gasteiger partial charge in [-0.3, -0.25) is 0 Å². The smallest absolute Gasteiger partial charge is 0.0551 e. The molecule has 0 amide bonds. The fourth-order valence-electron chi connectivity index (χ4n) is 3.91. The summed E-state index contributed by atoms with van der Waals surface area (Å²) in [6, 6.07) is 11.3. The molecule has 2 nitrogen and oxygen atoms in total. The predicted molar refractivity (Wildman–Crippen MR) is 81.8 cm³/mol. The van der Waals surface area contributed by atoms with Crippen LogP contribution in [-0.2, 0) is 17.6 Å². The Morgan fingerprint density at radius 1 is 1.15 bits per heavy atom. The Morgan fingerprint density at radius 3 is 2.70 bits per heavy atom. The lowest BCUT2D eigenvalue weighted by atomic mass is 9.88. The van der Waals surface area contributed by atoms with Crippen LogP contribution < -0.4 is 5.73 Å². The van der Waals surface area contributed by atoms with Gasteiger partial charge in [-0.1, -0.05) is 30.3 Å². The van der Waals surface area contributed by atoms with Gasteiger partial charge in [-0.2, -0.15) is 0 Å². The average Bonchev–Trinajstić information content (AvgIpc) is 3.07. The Balaban J connectivity index is 1.81. The lowest BCUT2D eigenvalue weighted by Crippen LogP contribution is -2.22. The van der Waals surface area contributed by atoms with Gasteiger partial charge in [-0.05, 0) is 53.6 Å². The molecule has 0 bridgehead atoms. The molecule has 2 N–H and O–H groups in total.